The summed E-state index contributed by atoms with van der Waals surface area (Å²) in [7, 11) is 0. The van der Waals surface area contributed by atoms with Crippen LogP contribution in [0.1, 0.15) is 35.6 Å². The van der Waals surface area contributed by atoms with Crippen LogP contribution in [0.2, 0.25) is 0 Å². The topological polar surface area (TPSA) is 58.3 Å². The van der Waals surface area contributed by atoms with Gasteiger partial charge in [-0.25, -0.2) is 9.97 Å². The first-order valence-corrected chi connectivity index (χ1v) is 9.13. The van der Waals surface area contributed by atoms with Crippen molar-refractivity contribution in [1.29, 1.82) is 0 Å². The molecule has 0 amide bonds. The fourth-order valence-corrected chi connectivity index (χ4v) is 4.24. The highest BCUT2D eigenvalue weighted by Gasteiger charge is 2.40. The second-order valence-corrected chi connectivity index (χ2v) is 7.38. The van der Waals surface area contributed by atoms with Crippen molar-refractivity contribution in [2.75, 3.05) is 24.5 Å². The van der Waals surface area contributed by atoms with Crippen molar-refractivity contribution < 1.29 is 17.7 Å². The number of rotatable bonds is 3. The molecule has 2 atom stereocenters. The molecule has 4 heterocycles. The third-order valence-corrected chi connectivity index (χ3v) is 5.79. The van der Waals surface area contributed by atoms with Gasteiger partial charge in [0.05, 0.1) is 5.69 Å². The van der Waals surface area contributed by atoms with Gasteiger partial charge in [-0.3, -0.25) is 4.90 Å². The van der Waals surface area contributed by atoms with Crippen molar-refractivity contribution in [2.24, 2.45) is 5.92 Å². The fraction of sp³-hybridized carbons (Fsp3) is 0.611. The summed E-state index contributed by atoms with van der Waals surface area (Å²) in [6.45, 7) is 6.97. The highest BCUT2D eigenvalue weighted by Crippen LogP contribution is 2.35. The van der Waals surface area contributed by atoms with Gasteiger partial charge in [-0.05, 0) is 39.2 Å². The molecule has 2 aromatic heterocycles. The smallest absolute Gasteiger partial charge is 0.361 e. The van der Waals surface area contributed by atoms with Gasteiger partial charge in [0.15, 0.2) is 0 Å². The third kappa shape index (κ3) is 3.52. The number of aryl methyl sites for hydroxylation is 2. The number of likely N-dealkylation sites (tertiary alicyclic amines) is 1. The van der Waals surface area contributed by atoms with E-state index in [1.165, 1.54) is 0 Å². The molecule has 2 saturated heterocycles. The molecule has 0 aliphatic carbocycles. The lowest BCUT2D eigenvalue weighted by Crippen LogP contribution is -2.48. The van der Waals surface area contributed by atoms with E-state index in [0.29, 0.717) is 24.8 Å². The van der Waals surface area contributed by atoms with E-state index in [9.17, 15) is 13.2 Å². The van der Waals surface area contributed by atoms with Crippen LogP contribution in [0.5, 0.6) is 0 Å². The van der Waals surface area contributed by atoms with E-state index in [2.05, 4.69) is 20.0 Å². The van der Waals surface area contributed by atoms with Crippen LogP contribution in [0.3, 0.4) is 0 Å². The molecule has 2 aliphatic rings. The summed E-state index contributed by atoms with van der Waals surface area (Å²) < 4.78 is 44.2. The number of nitrogens with zero attached hydrogens (tertiary/aromatic N) is 5. The highest BCUT2D eigenvalue weighted by atomic mass is 19.4. The van der Waals surface area contributed by atoms with E-state index in [1.807, 2.05) is 18.7 Å². The van der Waals surface area contributed by atoms with Gasteiger partial charge in [-0.15, -0.1) is 0 Å². The first-order valence-electron chi connectivity index (χ1n) is 9.13. The van der Waals surface area contributed by atoms with Crippen molar-refractivity contribution in [3.05, 3.63) is 35.1 Å². The van der Waals surface area contributed by atoms with Crippen LogP contribution >= 0.6 is 0 Å². The fourth-order valence-electron chi connectivity index (χ4n) is 4.24. The molecule has 0 saturated carbocycles. The maximum absolute atomic E-state index is 13.0. The second kappa shape index (κ2) is 6.78. The molecule has 9 heteroatoms. The average Bonchev–Trinajstić information content (AvgIpc) is 3.19. The molecule has 0 bridgehead atoms. The number of hydrogen-bond acceptors (Lipinski definition) is 6. The van der Waals surface area contributed by atoms with E-state index in [1.54, 1.807) is 0 Å². The third-order valence-electron chi connectivity index (χ3n) is 5.79. The number of alkyl halides is 3. The van der Waals surface area contributed by atoms with E-state index >= 15 is 0 Å². The number of aromatic nitrogens is 3. The quantitative estimate of drug-likeness (QED) is 0.814. The number of piperidine rings is 1. The lowest BCUT2D eigenvalue weighted by Gasteiger charge is -2.39. The standard InChI is InChI=1S/C18H22F3N5O/c1-11-14(12(2)27-24-11)8-25-5-3-13-4-6-26(9-15(13)25)17-7-16(18(19,20)21)22-10-23-17/h7,10,13,15H,3-6,8-9H2,1-2H3. The van der Waals surface area contributed by atoms with Crippen LogP contribution in [0, 0.1) is 19.8 Å². The summed E-state index contributed by atoms with van der Waals surface area (Å²) >= 11 is 0. The molecule has 4 rings (SSSR count). The molecule has 27 heavy (non-hydrogen) atoms. The minimum atomic E-state index is -4.46. The minimum Gasteiger partial charge on any atom is -0.361 e. The first kappa shape index (κ1) is 18.2. The molecule has 0 spiro atoms. The lowest BCUT2D eigenvalue weighted by atomic mass is 9.92. The summed E-state index contributed by atoms with van der Waals surface area (Å²) in [5, 5.41) is 4.02. The number of halogens is 3. The zero-order valence-corrected chi connectivity index (χ0v) is 15.3. The van der Waals surface area contributed by atoms with Crippen LogP contribution < -0.4 is 4.90 Å². The van der Waals surface area contributed by atoms with Gasteiger partial charge < -0.3 is 9.42 Å². The van der Waals surface area contributed by atoms with Crippen molar-refractivity contribution in [2.45, 2.75) is 45.5 Å². The molecular formula is C18H22F3N5O. The lowest BCUT2D eigenvalue weighted by molar-refractivity contribution is -0.141. The maximum atomic E-state index is 13.0. The molecule has 146 valence electrons. The molecule has 2 aliphatic heterocycles. The molecule has 2 fully saturated rings. The Bertz CT molecular complexity index is 802. The predicted octanol–water partition coefficient (Wildman–Crippen LogP) is 3.20. The SMILES string of the molecule is Cc1noc(C)c1CN1CCC2CCN(c3cc(C(F)(F)F)ncn3)CC21. The van der Waals surface area contributed by atoms with Gasteiger partial charge in [0.25, 0.3) is 0 Å². The van der Waals surface area contributed by atoms with Gasteiger partial charge in [0.1, 0.15) is 23.6 Å². The molecular weight excluding hydrogens is 359 g/mol. The van der Waals surface area contributed by atoms with Crippen molar-refractivity contribution in [3.63, 3.8) is 0 Å². The Hall–Kier alpha value is -2.16. The monoisotopic (exact) mass is 381 g/mol. The maximum Gasteiger partial charge on any atom is 0.433 e. The van der Waals surface area contributed by atoms with Gasteiger partial charge in [0, 0.05) is 37.3 Å². The summed E-state index contributed by atoms with van der Waals surface area (Å²) in [5.74, 6) is 1.74. The summed E-state index contributed by atoms with van der Waals surface area (Å²) in [5.41, 5.74) is 1.11. The van der Waals surface area contributed by atoms with Crippen molar-refractivity contribution in [3.8, 4) is 0 Å². The average molecular weight is 381 g/mol. The summed E-state index contributed by atoms with van der Waals surface area (Å²) in [6.07, 6.45) is -1.40. The van der Waals surface area contributed by atoms with Crippen LogP contribution in [-0.2, 0) is 12.7 Å². The van der Waals surface area contributed by atoms with E-state index < -0.39 is 11.9 Å². The minimum absolute atomic E-state index is 0.289. The van der Waals surface area contributed by atoms with Gasteiger partial charge in [-0.2, -0.15) is 13.2 Å². The molecule has 0 N–H and O–H groups in total. The second-order valence-electron chi connectivity index (χ2n) is 7.38. The normalized spacial score (nSPS) is 23.7. The Balaban J connectivity index is 1.52. The molecule has 0 radical (unpaired) electrons. The largest absolute Gasteiger partial charge is 0.433 e. The van der Waals surface area contributed by atoms with E-state index in [-0.39, 0.29) is 6.04 Å². The van der Waals surface area contributed by atoms with Crippen molar-refractivity contribution in [1.82, 2.24) is 20.0 Å². The Kier molecular flexibility index (Phi) is 4.57. The Morgan fingerprint density at radius 2 is 1.96 bits per heavy atom. The van der Waals surface area contributed by atoms with Gasteiger partial charge in [-0.1, -0.05) is 5.16 Å². The number of hydrogen-bond donors (Lipinski definition) is 0. The Morgan fingerprint density at radius 3 is 2.67 bits per heavy atom. The zero-order chi connectivity index (χ0) is 19.2. The number of fused-ring (bicyclic) bond motifs is 1. The highest BCUT2D eigenvalue weighted by molar-refractivity contribution is 5.40. The zero-order valence-electron chi connectivity index (χ0n) is 15.3. The van der Waals surface area contributed by atoms with E-state index in [4.69, 9.17) is 4.52 Å². The Morgan fingerprint density at radius 1 is 1.19 bits per heavy atom. The predicted molar refractivity (Wildman–Crippen MR) is 92.1 cm³/mol. The molecule has 0 aromatic carbocycles. The van der Waals surface area contributed by atoms with Crippen LogP contribution in [-0.4, -0.2) is 45.7 Å². The van der Waals surface area contributed by atoms with Gasteiger partial charge in [0.2, 0.25) is 0 Å². The van der Waals surface area contributed by atoms with Gasteiger partial charge >= 0.3 is 6.18 Å². The summed E-state index contributed by atoms with van der Waals surface area (Å²) in [4.78, 5) is 11.8. The number of anilines is 1. The van der Waals surface area contributed by atoms with Crippen LogP contribution in [0.15, 0.2) is 16.9 Å². The van der Waals surface area contributed by atoms with Crippen LogP contribution in [0.25, 0.3) is 0 Å². The first-order chi connectivity index (χ1) is 12.8. The van der Waals surface area contributed by atoms with Crippen molar-refractivity contribution >= 4 is 5.82 Å². The molecule has 2 unspecified atom stereocenters. The van der Waals surface area contributed by atoms with Crippen LogP contribution in [0.4, 0.5) is 19.0 Å². The molecule has 6 nitrogen and oxygen atoms in total. The summed E-state index contributed by atoms with van der Waals surface area (Å²) in [6, 6.07) is 1.34. The van der Waals surface area contributed by atoms with E-state index in [0.717, 1.165) is 55.3 Å². The molecule has 2 aromatic rings. The Labute approximate surface area is 155 Å².